The van der Waals surface area contributed by atoms with Gasteiger partial charge in [0.15, 0.2) is 0 Å². The first-order valence-corrected chi connectivity index (χ1v) is 5.59. The lowest BCUT2D eigenvalue weighted by molar-refractivity contribution is 0.165. The second-order valence-electron chi connectivity index (χ2n) is 4.15. The van der Waals surface area contributed by atoms with Crippen molar-refractivity contribution in [1.29, 1.82) is 5.26 Å². The lowest BCUT2D eigenvalue weighted by atomic mass is 9.95. The van der Waals surface area contributed by atoms with Crippen molar-refractivity contribution in [2.24, 2.45) is 5.92 Å². The first-order valence-electron chi connectivity index (χ1n) is 5.59. The summed E-state index contributed by atoms with van der Waals surface area (Å²) in [7, 11) is 1.86. The van der Waals surface area contributed by atoms with Crippen LogP contribution in [-0.2, 0) is 0 Å². The molecule has 1 heterocycles. The molecule has 0 aromatic carbocycles. The molecule has 1 aliphatic heterocycles. The van der Waals surface area contributed by atoms with Crippen molar-refractivity contribution < 1.29 is 0 Å². The van der Waals surface area contributed by atoms with Gasteiger partial charge in [-0.1, -0.05) is 13.3 Å². The maximum absolute atomic E-state index is 8.84. The van der Waals surface area contributed by atoms with Crippen LogP contribution in [0.2, 0.25) is 0 Å². The Bertz CT molecular complexity index is 197. The van der Waals surface area contributed by atoms with Gasteiger partial charge in [-0.05, 0) is 32.4 Å². The minimum Gasteiger partial charge on any atom is -0.304 e. The third-order valence-electron chi connectivity index (χ3n) is 3.13. The Labute approximate surface area is 87.1 Å². The maximum Gasteiger partial charge on any atom is 0.108 e. The van der Waals surface area contributed by atoms with Crippen LogP contribution in [0.1, 0.15) is 26.2 Å². The van der Waals surface area contributed by atoms with Crippen LogP contribution in [0, 0.1) is 17.2 Å². The molecular formula is C11H21N3. The Morgan fingerprint density at radius 2 is 2.43 bits per heavy atom. The van der Waals surface area contributed by atoms with E-state index in [1.165, 1.54) is 25.8 Å². The third kappa shape index (κ3) is 3.28. The van der Waals surface area contributed by atoms with E-state index in [9.17, 15) is 0 Å². The van der Waals surface area contributed by atoms with Gasteiger partial charge in [0.25, 0.3) is 0 Å². The second-order valence-corrected chi connectivity index (χ2v) is 4.15. The number of nitrogens with one attached hydrogen (secondary N) is 1. The molecule has 1 saturated heterocycles. The summed E-state index contributed by atoms with van der Waals surface area (Å²) in [6.45, 7) is 5.48. The van der Waals surface area contributed by atoms with Gasteiger partial charge < -0.3 is 10.2 Å². The number of hydrogen-bond acceptors (Lipinski definition) is 3. The van der Waals surface area contributed by atoms with Crippen molar-refractivity contribution >= 4 is 0 Å². The highest BCUT2D eigenvalue weighted by Gasteiger charge is 2.20. The summed E-state index contributed by atoms with van der Waals surface area (Å²) >= 11 is 0. The standard InChI is InChI=1S/C11H21N3/c1-3-10-5-4-6-14(8-10)9-11(7-12)13-2/h10-11,13H,3-6,8-9H2,1-2H3. The summed E-state index contributed by atoms with van der Waals surface area (Å²) in [5, 5.41) is 11.9. The first kappa shape index (κ1) is 11.5. The van der Waals surface area contributed by atoms with Gasteiger partial charge in [0.2, 0.25) is 0 Å². The van der Waals surface area contributed by atoms with Crippen molar-refractivity contribution in [3.8, 4) is 6.07 Å². The average Bonchev–Trinajstić information content (AvgIpc) is 2.26. The van der Waals surface area contributed by atoms with Crippen molar-refractivity contribution in [3.05, 3.63) is 0 Å². The molecule has 0 aromatic heterocycles. The molecule has 0 bridgehead atoms. The topological polar surface area (TPSA) is 39.1 Å². The molecule has 0 spiro atoms. The number of hydrogen-bond donors (Lipinski definition) is 1. The van der Waals surface area contributed by atoms with E-state index in [0.29, 0.717) is 0 Å². The van der Waals surface area contributed by atoms with Gasteiger partial charge in [0, 0.05) is 13.1 Å². The van der Waals surface area contributed by atoms with E-state index in [-0.39, 0.29) is 6.04 Å². The fourth-order valence-electron chi connectivity index (χ4n) is 2.11. The zero-order valence-electron chi connectivity index (χ0n) is 9.29. The predicted octanol–water partition coefficient (Wildman–Crippen LogP) is 1.22. The molecule has 0 saturated carbocycles. The summed E-state index contributed by atoms with van der Waals surface area (Å²) in [5.41, 5.74) is 0. The highest BCUT2D eigenvalue weighted by molar-refractivity contribution is 4.91. The molecule has 2 unspecified atom stereocenters. The molecule has 0 radical (unpaired) electrons. The van der Waals surface area contributed by atoms with Crippen molar-refractivity contribution in [1.82, 2.24) is 10.2 Å². The predicted molar refractivity (Wildman–Crippen MR) is 57.9 cm³/mol. The van der Waals surface area contributed by atoms with E-state index in [2.05, 4.69) is 23.2 Å². The summed E-state index contributed by atoms with van der Waals surface area (Å²) in [6, 6.07) is 2.27. The lowest BCUT2D eigenvalue weighted by Gasteiger charge is -2.33. The largest absolute Gasteiger partial charge is 0.304 e. The molecule has 14 heavy (non-hydrogen) atoms. The number of piperidine rings is 1. The van der Waals surface area contributed by atoms with Crippen LogP contribution in [0.3, 0.4) is 0 Å². The maximum atomic E-state index is 8.84. The van der Waals surface area contributed by atoms with E-state index in [1.54, 1.807) is 0 Å². The van der Waals surface area contributed by atoms with E-state index in [1.807, 2.05) is 7.05 Å². The molecule has 0 aromatic rings. The minimum absolute atomic E-state index is 0.00870. The van der Waals surface area contributed by atoms with Crippen LogP contribution >= 0.6 is 0 Å². The summed E-state index contributed by atoms with van der Waals surface area (Å²) in [4.78, 5) is 2.42. The van der Waals surface area contributed by atoms with Crippen molar-refractivity contribution in [2.45, 2.75) is 32.2 Å². The van der Waals surface area contributed by atoms with Crippen LogP contribution in [0.25, 0.3) is 0 Å². The Balaban J connectivity index is 2.33. The molecule has 0 amide bonds. The van der Waals surface area contributed by atoms with E-state index in [4.69, 9.17) is 5.26 Å². The average molecular weight is 195 g/mol. The van der Waals surface area contributed by atoms with Crippen LogP contribution in [0.15, 0.2) is 0 Å². The zero-order valence-corrected chi connectivity index (χ0v) is 9.29. The van der Waals surface area contributed by atoms with E-state index in [0.717, 1.165) is 19.0 Å². The Morgan fingerprint density at radius 3 is 3.00 bits per heavy atom. The van der Waals surface area contributed by atoms with Gasteiger partial charge in [-0.2, -0.15) is 5.26 Å². The van der Waals surface area contributed by atoms with E-state index >= 15 is 0 Å². The number of nitrogens with zero attached hydrogens (tertiary/aromatic N) is 2. The molecule has 1 fully saturated rings. The normalized spacial score (nSPS) is 25.6. The van der Waals surface area contributed by atoms with Crippen molar-refractivity contribution in [3.63, 3.8) is 0 Å². The third-order valence-corrected chi connectivity index (χ3v) is 3.13. The quantitative estimate of drug-likeness (QED) is 0.733. The Hall–Kier alpha value is -0.590. The highest BCUT2D eigenvalue weighted by Crippen LogP contribution is 2.18. The van der Waals surface area contributed by atoms with Gasteiger partial charge in [-0.25, -0.2) is 0 Å². The molecule has 1 N–H and O–H groups in total. The fraction of sp³-hybridized carbons (Fsp3) is 0.909. The summed E-state index contributed by atoms with van der Waals surface area (Å²) < 4.78 is 0. The minimum atomic E-state index is -0.00870. The van der Waals surface area contributed by atoms with Crippen LogP contribution < -0.4 is 5.32 Å². The molecule has 80 valence electrons. The number of likely N-dealkylation sites (tertiary alicyclic amines) is 1. The van der Waals surface area contributed by atoms with Crippen LogP contribution in [0.5, 0.6) is 0 Å². The SMILES string of the molecule is CCC1CCCN(CC(C#N)NC)C1. The first-order chi connectivity index (χ1) is 6.80. The summed E-state index contributed by atoms with van der Waals surface area (Å²) in [6.07, 6.45) is 3.93. The Kier molecular flexibility index (Phi) is 4.92. The number of likely N-dealkylation sites (N-methyl/N-ethyl adjacent to an activating group) is 1. The lowest BCUT2D eigenvalue weighted by Crippen LogP contribution is -2.43. The molecular weight excluding hydrogens is 174 g/mol. The number of rotatable bonds is 4. The van der Waals surface area contributed by atoms with Crippen LogP contribution in [-0.4, -0.2) is 37.6 Å². The molecule has 1 rings (SSSR count). The van der Waals surface area contributed by atoms with Gasteiger partial charge in [0.1, 0.15) is 6.04 Å². The number of nitriles is 1. The zero-order chi connectivity index (χ0) is 10.4. The molecule has 3 nitrogen and oxygen atoms in total. The van der Waals surface area contributed by atoms with Crippen LogP contribution in [0.4, 0.5) is 0 Å². The van der Waals surface area contributed by atoms with Crippen molar-refractivity contribution in [2.75, 3.05) is 26.7 Å². The molecule has 3 heteroatoms. The van der Waals surface area contributed by atoms with Gasteiger partial charge in [-0.3, -0.25) is 0 Å². The highest BCUT2D eigenvalue weighted by atomic mass is 15.2. The fourth-order valence-corrected chi connectivity index (χ4v) is 2.11. The van der Waals surface area contributed by atoms with Gasteiger partial charge >= 0.3 is 0 Å². The molecule has 0 aliphatic carbocycles. The smallest absolute Gasteiger partial charge is 0.108 e. The van der Waals surface area contributed by atoms with Gasteiger partial charge in [-0.15, -0.1) is 0 Å². The second kappa shape index (κ2) is 6.00. The van der Waals surface area contributed by atoms with E-state index < -0.39 is 0 Å². The molecule has 2 atom stereocenters. The Morgan fingerprint density at radius 1 is 1.64 bits per heavy atom. The van der Waals surface area contributed by atoms with Gasteiger partial charge in [0.05, 0.1) is 6.07 Å². The monoisotopic (exact) mass is 195 g/mol. The summed E-state index contributed by atoms with van der Waals surface area (Å²) in [5.74, 6) is 0.847. The molecule has 1 aliphatic rings.